The van der Waals surface area contributed by atoms with Crippen molar-refractivity contribution in [3.05, 3.63) is 57.6 Å². The van der Waals surface area contributed by atoms with E-state index in [1.165, 1.54) is 0 Å². The molecule has 0 aliphatic carbocycles. The van der Waals surface area contributed by atoms with E-state index in [9.17, 15) is 9.59 Å². The van der Waals surface area contributed by atoms with Gasteiger partial charge < -0.3 is 19.7 Å². The second kappa shape index (κ2) is 13.5. The first-order chi connectivity index (χ1) is 15.4. The molecule has 6 nitrogen and oxygen atoms in total. The molecule has 2 aromatic rings. The first-order valence-corrected chi connectivity index (χ1v) is 11.9. The zero-order chi connectivity index (χ0) is 25.3. The number of rotatable bonds is 9. The quantitative estimate of drug-likeness (QED) is 0.359. The van der Waals surface area contributed by atoms with Crippen LogP contribution in [0.4, 0.5) is 0 Å². The van der Waals surface area contributed by atoms with Crippen LogP contribution >= 0.6 is 15.9 Å². The van der Waals surface area contributed by atoms with Crippen molar-refractivity contribution in [2.45, 2.75) is 60.7 Å². The molecular weight excluding hydrogens is 488 g/mol. The number of carbonyl (C=O) groups excluding carboxylic acids is 2. The maximum absolute atomic E-state index is 11.7. The van der Waals surface area contributed by atoms with Crippen molar-refractivity contribution in [1.82, 2.24) is 0 Å². The van der Waals surface area contributed by atoms with Crippen molar-refractivity contribution in [3.63, 3.8) is 0 Å². The van der Waals surface area contributed by atoms with Gasteiger partial charge in [-0.1, -0.05) is 15.9 Å². The van der Waals surface area contributed by atoms with Gasteiger partial charge in [0.15, 0.2) is 11.6 Å². The molecule has 0 aromatic heterocycles. The van der Waals surface area contributed by atoms with Crippen molar-refractivity contribution >= 4 is 27.5 Å². The van der Waals surface area contributed by atoms with Crippen LogP contribution in [-0.4, -0.2) is 52.5 Å². The highest BCUT2D eigenvalue weighted by Crippen LogP contribution is 2.24. The summed E-state index contributed by atoms with van der Waals surface area (Å²) in [4.78, 5) is 23.1. The zero-order valence-corrected chi connectivity index (χ0v) is 22.1. The number of ketones is 2. The number of benzene rings is 2. The number of alkyl halides is 1. The number of aliphatic hydroxyl groups excluding tert-OH is 2. The average molecular weight is 523 g/mol. The fraction of sp³-hybridized carbons (Fsp3) is 0.462. The van der Waals surface area contributed by atoms with E-state index >= 15 is 0 Å². The Kier molecular flexibility index (Phi) is 11.8. The van der Waals surface area contributed by atoms with Crippen molar-refractivity contribution in [3.8, 4) is 11.5 Å². The van der Waals surface area contributed by atoms with Gasteiger partial charge in [-0.15, -0.1) is 0 Å². The third-order valence-corrected chi connectivity index (χ3v) is 5.26. The first kappa shape index (κ1) is 28.8. The molecule has 2 atom stereocenters. The molecule has 0 aliphatic heterocycles. The van der Waals surface area contributed by atoms with E-state index < -0.39 is 12.2 Å². The smallest absolute Gasteiger partial charge is 0.173 e. The summed E-state index contributed by atoms with van der Waals surface area (Å²) in [5.41, 5.74) is 5.11. The highest BCUT2D eigenvalue weighted by Gasteiger charge is 2.13. The van der Waals surface area contributed by atoms with Crippen LogP contribution in [0.2, 0.25) is 0 Å². The van der Waals surface area contributed by atoms with E-state index in [0.29, 0.717) is 16.8 Å². The molecule has 2 N–H and O–H groups in total. The molecule has 0 fully saturated rings. The molecule has 0 spiro atoms. The number of Topliss-reactive ketones (excluding diaryl/α,β-unsaturated/α-hetero) is 2. The fourth-order valence-electron chi connectivity index (χ4n) is 3.51. The van der Waals surface area contributed by atoms with Gasteiger partial charge in [0.05, 0.1) is 17.5 Å². The van der Waals surface area contributed by atoms with Crippen LogP contribution in [0.3, 0.4) is 0 Å². The van der Waals surface area contributed by atoms with Gasteiger partial charge in [0.25, 0.3) is 0 Å². The Morgan fingerprint density at radius 3 is 1.39 bits per heavy atom. The SMILES string of the molecule is CC(=O)c1c(C)cc(OCC(C)O)cc1C.Cc1cc(OCC(C)O)cc(C)c1C(=O)CBr. The lowest BCUT2D eigenvalue weighted by Crippen LogP contribution is -2.13. The largest absolute Gasteiger partial charge is 0.491 e. The van der Waals surface area contributed by atoms with Gasteiger partial charge in [-0.2, -0.15) is 0 Å². The molecule has 182 valence electrons. The van der Waals surface area contributed by atoms with Gasteiger partial charge in [0.2, 0.25) is 0 Å². The minimum absolute atomic E-state index is 0.0667. The minimum atomic E-state index is -0.500. The Labute approximate surface area is 205 Å². The second-order valence-corrected chi connectivity index (χ2v) is 8.86. The Hall–Kier alpha value is -2.22. The molecule has 33 heavy (non-hydrogen) atoms. The van der Waals surface area contributed by atoms with Crippen LogP contribution in [0, 0.1) is 27.7 Å². The predicted molar refractivity (Wildman–Crippen MR) is 134 cm³/mol. The van der Waals surface area contributed by atoms with E-state index in [2.05, 4.69) is 15.9 Å². The standard InChI is InChI=1S/C13H17BrO3.C13H18O3/c1-8-4-11(17-7-10(3)15)5-9(2)13(8)12(16)6-14;1-8-5-12(16-7-10(3)14)6-9(2)13(8)11(4)15/h4-5,10,15H,6-7H2,1-3H3;5-6,10,14H,7H2,1-4H3. The van der Waals surface area contributed by atoms with Crippen molar-refractivity contribution in [2.75, 3.05) is 18.5 Å². The third-order valence-electron chi connectivity index (χ3n) is 4.75. The predicted octanol–water partition coefficient (Wildman–Crippen LogP) is 4.91. The van der Waals surface area contributed by atoms with Crippen molar-refractivity contribution in [1.29, 1.82) is 0 Å². The molecule has 0 saturated carbocycles. The molecule has 2 aromatic carbocycles. The summed E-state index contributed by atoms with van der Waals surface area (Å²) in [6.07, 6.45) is -0.993. The second-order valence-electron chi connectivity index (χ2n) is 8.30. The normalized spacial score (nSPS) is 12.3. The first-order valence-electron chi connectivity index (χ1n) is 10.8. The maximum atomic E-state index is 11.7. The van der Waals surface area contributed by atoms with Crippen LogP contribution in [0.15, 0.2) is 24.3 Å². The summed E-state index contributed by atoms with van der Waals surface area (Å²) >= 11 is 3.17. The van der Waals surface area contributed by atoms with E-state index in [1.54, 1.807) is 20.8 Å². The molecule has 0 aliphatic rings. The highest BCUT2D eigenvalue weighted by molar-refractivity contribution is 9.09. The Balaban J connectivity index is 0.000000331. The van der Waals surface area contributed by atoms with Crippen LogP contribution in [0.5, 0.6) is 11.5 Å². The van der Waals surface area contributed by atoms with E-state index in [0.717, 1.165) is 33.4 Å². The number of aryl methyl sites for hydroxylation is 4. The van der Waals surface area contributed by atoms with Crippen LogP contribution in [-0.2, 0) is 0 Å². The van der Waals surface area contributed by atoms with Gasteiger partial charge in [0, 0.05) is 11.1 Å². The number of hydrogen-bond donors (Lipinski definition) is 2. The molecule has 0 radical (unpaired) electrons. The number of hydrogen-bond acceptors (Lipinski definition) is 6. The topological polar surface area (TPSA) is 93.1 Å². The van der Waals surface area contributed by atoms with Gasteiger partial charge in [0.1, 0.15) is 24.7 Å². The molecule has 0 heterocycles. The molecule has 0 bridgehead atoms. The number of ether oxygens (including phenoxy) is 2. The lowest BCUT2D eigenvalue weighted by Gasteiger charge is -2.13. The summed E-state index contributed by atoms with van der Waals surface area (Å²) in [7, 11) is 0. The van der Waals surface area contributed by atoms with Gasteiger partial charge in [-0.05, 0) is 95.0 Å². The third kappa shape index (κ3) is 9.27. The summed E-state index contributed by atoms with van der Waals surface area (Å²) < 4.78 is 10.8. The summed E-state index contributed by atoms with van der Waals surface area (Å²) in [5, 5.41) is 18.6. The molecule has 2 unspecified atom stereocenters. The molecule has 0 saturated heterocycles. The summed E-state index contributed by atoms with van der Waals surface area (Å²) in [5.74, 6) is 1.52. The Morgan fingerprint density at radius 2 is 1.12 bits per heavy atom. The number of halogens is 1. The Bertz CT molecular complexity index is 919. The van der Waals surface area contributed by atoms with Crippen molar-refractivity contribution < 1.29 is 29.3 Å². The average Bonchev–Trinajstić information content (AvgIpc) is 2.69. The fourth-order valence-corrected chi connectivity index (χ4v) is 3.79. The van der Waals surface area contributed by atoms with Crippen LogP contribution < -0.4 is 9.47 Å². The molecule has 2 rings (SSSR count). The van der Waals surface area contributed by atoms with Crippen molar-refractivity contribution in [2.24, 2.45) is 0 Å². The number of carbonyl (C=O) groups is 2. The zero-order valence-electron chi connectivity index (χ0n) is 20.5. The van der Waals surface area contributed by atoms with Crippen LogP contribution in [0.1, 0.15) is 63.7 Å². The minimum Gasteiger partial charge on any atom is -0.491 e. The summed E-state index contributed by atoms with van der Waals surface area (Å²) in [6.45, 7) is 13.0. The van der Waals surface area contributed by atoms with Crippen LogP contribution in [0.25, 0.3) is 0 Å². The van der Waals surface area contributed by atoms with E-state index in [1.807, 2.05) is 52.0 Å². The highest BCUT2D eigenvalue weighted by atomic mass is 79.9. The molecular formula is C26H35BrO6. The van der Waals surface area contributed by atoms with Gasteiger partial charge in [-0.25, -0.2) is 0 Å². The monoisotopic (exact) mass is 522 g/mol. The van der Waals surface area contributed by atoms with E-state index in [4.69, 9.17) is 19.7 Å². The molecule has 7 heteroatoms. The Morgan fingerprint density at radius 1 is 0.788 bits per heavy atom. The van der Waals surface area contributed by atoms with E-state index in [-0.39, 0.29) is 24.8 Å². The molecule has 0 amide bonds. The summed E-state index contributed by atoms with van der Waals surface area (Å²) in [6, 6.07) is 7.30. The maximum Gasteiger partial charge on any atom is 0.173 e. The number of aliphatic hydroxyl groups is 2. The van der Waals surface area contributed by atoms with Gasteiger partial charge >= 0.3 is 0 Å². The van der Waals surface area contributed by atoms with Gasteiger partial charge in [-0.3, -0.25) is 9.59 Å². The lowest BCUT2D eigenvalue weighted by atomic mass is 9.99. The lowest BCUT2D eigenvalue weighted by molar-refractivity contribution is 0.101.